The standard InChI is InChI=1S/C27H22N6O3/c1-18-29-13-14-32(18)26-11-10-24(30-31-26)20-4-6-21(7-5-20)33(17-19-3-2-12-28-16-19)27(36)23-9-8-22(34)15-25(23)35/h2-16,34-35H,17H2,1H3. The Labute approximate surface area is 207 Å². The second kappa shape index (κ2) is 9.67. The van der Waals surface area contributed by atoms with Crippen LogP contribution in [0.1, 0.15) is 21.7 Å². The van der Waals surface area contributed by atoms with Crippen LogP contribution in [0.3, 0.4) is 0 Å². The number of pyridine rings is 1. The Morgan fingerprint density at radius 2 is 1.81 bits per heavy atom. The molecule has 5 rings (SSSR count). The van der Waals surface area contributed by atoms with Crippen molar-refractivity contribution in [1.29, 1.82) is 0 Å². The van der Waals surface area contributed by atoms with Gasteiger partial charge in [-0.3, -0.25) is 14.3 Å². The number of amides is 1. The summed E-state index contributed by atoms with van der Waals surface area (Å²) in [6.45, 7) is 2.13. The van der Waals surface area contributed by atoms with Crippen molar-refractivity contribution in [3.05, 3.63) is 108 Å². The molecule has 3 heterocycles. The maximum absolute atomic E-state index is 13.4. The average Bonchev–Trinajstić information content (AvgIpc) is 3.33. The van der Waals surface area contributed by atoms with Crippen molar-refractivity contribution in [2.45, 2.75) is 13.5 Å². The van der Waals surface area contributed by atoms with Crippen LogP contribution < -0.4 is 4.90 Å². The number of aryl methyl sites for hydroxylation is 1. The van der Waals surface area contributed by atoms with Crippen LogP contribution in [0.15, 0.2) is 91.5 Å². The van der Waals surface area contributed by atoms with Gasteiger partial charge in [-0.05, 0) is 55.0 Å². The minimum atomic E-state index is -0.413. The molecule has 0 aliphatic heterocycles. The fraction of sp³-hybridized carbons (Fsp3) is 0.0741. The van der Waals surface area contributed by atoms with E-state index in [4.69, 9.17) is 0 Å². The summed E-state index contributed by atoms with van der Waals surface area (Å²) >= 11 is 0. The van der Waals surface area contributed by atoms with Gasteiger partial charge >= 0.3 is 0 Å². The fourth-order valence-electron chi connectivity index (χ4n) is 3.84. The maximum atomic E-state index is 13.4. The number of rotatable bonds is 6. The normalized spacial score (nSPS) is 10.8. The van der Waals surface area contributed by atoms with Gasteiger partial charge in [0, 0.05) is 42.1 Å². The van der Waals surface area contributed by atoms with Gasteiger partial charge in [0.25, 0.3) is 5.91 Å². The van der Waals surface area contributed by atoms with E-state index in [1.54, 1.807) is 29.6 Å². The van der Waals surface area contributed by atoms with Crippen molar-refractivity contribution in [3.8, 4) is 28.6 Å². The molecule has 178 valence electrons. The molecule has 0 unspecified atom stereocenters. The zero-order valence-corrected chi connectivity index (χ0v) is 19.4. The van der Waals surface area contributed by atoms with Crippen LogP contribution in [0.4, 0.5) is 5.69 Å². The summed E-state index contributed by atoms with van der Waals surface area (Å²) < 4.78 is 1.85. The van der Waals surface area contributed by atoms with Gasteiger partial charge in [-0.15, -0.1) is 10.2 Å². The Kier molecular flexibility index (Phi) is 6.10. The summed E-state index contributed by atoms with van der Waals surface area (Å²) in [5, 5.41) is 28.6. The highest BCUT2D eigenvalue weighted by molar-refractivity contribution is 6.08. The first kappa shape index (κ1) is 22.7. The number of nitrogens with zero attached hydrogens (tertiary/aromatic N) is 6. The Balaban J connectivity index is 1.45. The Bertz CT molecular complexity index is 1500. The number of aromatic hydroxyl groups is 2. The van der Waals surface area contributed by atoms with Crippen molar-refractivity contribution in [3.63, 3.8) is 0 Å². The van der Waals surface area contributed by atoms with Crippen molar-refractivity contribution in [1.82, 2.24) is 24.7 Å². The first-order valence-corrected chi connectivity index (χ1v) is 11.2. The molecule has 0 atom stereocenters. The highest BCUT2D eigenvalue weighted by atomic mass is 16.3. The minimum Gasteiger partial charge on any atom is -0.508 e. The lowest BCUT2D eigenvalue weighted by Crippen LogP contribution is -2.30. The summed E-state index contributed by atoms with van der Waals surface area (Å²) in [5.74, 6) is 0.662. The zero-order chi connectivity index (χ0) is 25.1. The van der Waals surface area contributed by atoms with Crippen molar-refractivity contribution < 1.29 is 15.0 Å². The Hall–Kier alpha value is -5.05. The van der Waals surface area contributed by atoms with E-state index < -0.39 is 5.91 Å². The van der Waals surface area contributed by atoms with Gasteiger partial charge in [0.05, 0.1) is 17.8 Å². The molecular weight excluding hydrogens is 456 g/mol. The van der Waals surface area contributed by atoms with Crippen LogP contribution in [-0.2, 0) is 6.54 Å². The summed E-state index contributed by atoms with van der Waals surface area (Å²) in [7, 11) is 0. The quantitative estimate of drug-likeness (QED) is 0.374. The molecule has 36 heavy (non-hydrogen) atoms. The predicted molar refractivity (Wildman–Crippen MR) is 134 cm³/mol. The highest BCUT2D eigenvalue weighted by Crippen LogP contribution is 2.29. The number of benzene rings is 2. The van der Waals surface area contributed by atoms with E-state index in [9.17, 15) is 15.0 Å². The summed E-state index contributed by atoms with van der Waals surface area (Å²) in [6, 6.07) is 18.7. The number of anilines is 1. The number of aromatic nitrogens is 5. The lowest BCUT2D eigenvalue weighted by Gasteiger charge is -2.24. The van der Waals surface area contributed by atoms with Crippen LogP contribution >= 0.6 is 0 Å². The van der Waals surface area contributed by atoms with Crippen LogP contribution in [0.25, 0.3) is 17.1 Å². The van der Waals surface area contributed by atoms with Gasteiger partial charge in [-0.2, -0.15) is 0 Å². The maximum Gasteiger partial charge on any atom is 0.262 e. The van der Waals surface area contributed by atoms with Crippen LogP contribution in [-0.4, -0.2) is 40.9 Å². The van der Waals surface area contributed by atoms with Crippen LogP contribution in [0.2, 0.25) is 0 Å². The van der Waals surface area contributed by atoms with E-state index in [1.165, 1.54) is 12.1 Å². The molecule has 0 fully saturated rings. The zero-order valence-electron chi connectivity index (χ0n) is 19.4. The number of imidazole rings is 1. The van der Waals surface area contributed by atoms with Gasteiger partial charge in [-0.25, -0.2) is 4.98 Å². The van der Waals surface area contributed by atoms with Crippen LogP contribution in [0.5, 0.6) is 11.5 Å². The molecule has 9 heteroatoms. The van der Waals surface area contributed by atoms with E-state index in [1.807, 2.05) is 60.2 Å². The molecule has 0 aliphatic carbocycles. The minimum absolute atomic E-state index is 0.0806. The fourth-order valence-corrected chi connectivity index (χ4v) is 3.84. The van der Waals surface area contributed by atoms with Crippen molar-refractivity contribution in [2.24, 2.45) is 0 Å². The van der Waals surface area contributed by atoms with Gasteiger partial charge in [0.15, 0.2) is 5.82 Å². The van der Waals surface area contributed by atoms with Gasteiger partial charge < -0.3 is 15.1 Å². The second-order valence-corrected chi connectivity index (χ2v) is 8.12. The van der Waals surface area contributed by atoms with Crippen molar-refractivity contribution in [2.75, 3.05) is 4.90 Å². The largest absolute Gasteiger partial charge is 0.508 e. The van der Waals surface area contributed by atoms with Gasteiger partial charge in [0.1, 0.15) is 17.3 Å². The first-order chi connectivity index (χ1) is 17.5. The Morgan fingerprint density at radius 3 is 2.44 bits per heavy atom. The molecule has 1 amide bonds. The smallest absolute Gasteiger partial charge is 0.262 e. The topological polar surface area (TPSA) is 117 Å². The summed E-state index contributed by atoms with van der Waals surface area (Å²) in [4.78, 5) is 23.3. The molecule has 0 aliphatic rings. The molecule has 0 bridgehead atoms. The van der Waals surface area contributed by atoms with Crippen molar-refractivity contribution >= 4 is 11.6 Å². The molecule has 5 aromatic rings. The van der Waals surface area contributed by atoms with E-state index >= 15 is 0 Å². The molecule has 0 spiro atoms. The molecule has 2 N–H and O–H groups in total. The van der Waals surface area contributed by atoms with Gasteiger partial charge in [0.2, 0.25) is 0 Å². The average molecular weight is 479 g/mol. The number of carbonyl (C=O) groups excluding carboxylic acids is 1. The molecule has 3 aromatic heterocycles. The molecule has 0 saturated carbocycles. The van der Waals surface area contributed by atoms with E-state index in [2.05, 4.69) is 20.2 Å². The second-order valence-electron chi connectivity index (χ2n) is 8.12. The number of hydrogen-bond donors (Lipinski definition) is 2. The molecule has 0 radical (unpaired) electrons. The molecule has 0 saturated heterocycles. The van der Waals surface area contributed by atoms with Crippen LogP contribution in [0, 0.1) is 6.92 Å². The summed E-state index contributed by atoms with van der Waals surface area (Å²) in [5.41, 5.74) is 3.05. The molecule has 2 aromatic carbocycles. The molecule has 9 nitrogen and oxygen atoms in total. The lowest BCUT2D eigenvalue weighted by atomic mass is 10.1. The SMILES string of the molecule is Cc1nccn1-c1ccc(-c2ccc(N(Cc3cccnc3)C(=O)c3ccc(O)cc3O)cc2)nn1. The monoisotopic (exact) mass is 478 g/mol. The van der Waals surface area contributed by atoms with Gasteiger partial charge in [-0.1, -0.05) is 18.2 Å². The number of carbonyl (C=O) groups is 1. The first-order valence-electron chi connectivity index (χ1n) is 11.2. The Morgan fingerprint density at radius 1 is 0.972 bits per heavy atom. The number of hydrogen-bond acceptors (Lipinski definition) is 7. The lowest BCUT2D eigenvalue weighted by molar-refractivity contribution is 0.0982. The molecular formula is C27H22N6O3. The third kappa shape index (κ3) is 4.62. The third-order valence-electron chi connectivity index (χ3n) is 5.72. The van der Waals surface area contributed by atoms with E-state index in [-0.39, 0.29) is 23.6 Å². The number of phenolic OH excluding ortho intramolecular Hbond substituents is 2. The van der Waals surface area contributed by atoms with E-state index in [0.29, 0.717) is 17.2 Å². The predicted octanol–water partition coefficient (Wildman–Crippen LogP) is 4.29. The van der Waals surface area contributed by atoms with E-state index in [0.717, 1.165) is 23.0 Å². The third-order valence-corrected chi connectivity index (χ3v) is 5.72. The highest BCUT2D eigenvalue weighted by Gasteiger charge is 2.22. The summed E-state index contributed by atoms with van der Waals surface area (Å²) in [6.07, 6.45) is 6.88. The number of phenols is 2.